The molecule has 1 amide bonds. The summed E-state index contributed by atoms with van der Waals surface area (Å²) in [5.41, 5.74) is 0. The van der Waals surface area contributed by atoms with Gasteiger partial charge in [0.05, 0.1) is 7.11 Å². The molecule has 1 aromatic rings. The molecule has 4 heteroatoms. The normalized spacial score (nSPS) is 11.7. The van der Waals surface area contributed by atoms with Gasteiger partial charge in [-0.15, -0.1) is 0 Å². The molecule has 0 heterocycles. The van der Waals surface area contributed by atoms with E-state index in [4.69, 9.17) is 9.47 Å². The molecular formula is C12H17NO3. The molecule has 1 aromatic carbocycles. The molecule has 1 N–H and O–H groups in total. The number of rotatable bonds is 5. The highest BCUT2D eigenvalue weighted by Gasteiger charge is 2.13. The first-order valence-corrected chi connectivity index (χ1v) is 5.25. The van der Waals surface area contributed by atoms with Crippen molar-refractivity contribution in [3.8, 4) is 11.5 Å². The van der Waals surface area contributed by atoms with E-state index in [2.05, 4.69) is 5.32 Å². The summed E-state index contributed by atoms with van der Waals surface area (Å²) in [7, 11) is 1.59. The van der Waals surface area contributed by atoms with Crippen LogP contribution in [0.5, 0.6) is 11.5 Å². The predicted molar refractivity (Wildman–Crippen MR) is 61.8 cm³/mol. The number of nitrogens with one attached hydrogen (secondary N) is 1. The SMILES string of the molecule is CCNC(=O)[C@H](C)Oc1cccc(OC)c1. The van der Waals surface area contributed by atoms with Gasteiger partial charge >= 0.3 is 0 Å². The second-order valence-corrected chi connectivity index (χ2v) is 3.33. The molecule has 0 radical (unpaired) electrons. The first kappa shape index (κ1) is 12.4. The zero-order valence-electron chi connectivity index (χ0n) is 9.82. The molecule has 88 valence electrons. The van der Waals surface area contributed by atoms with Crippen LogP contribution in [-0.2, 0) is 4.79 Å². The Morgan fingerprint density at radius 2 is 2.12 bits per heavy atom. The van der Waals surface area contributed by atoms with E-state index < -0.39 is 6.10 Å². The molecule has 0 fully saturated rings. The summed E-state index contributed by atoms with van der Waals surface area (Å²) in [6.45, 7) is 4.19. The number of carbonyl (C=O) groups is 1. The summed E-state index contributed by atoms with van der Waals surface area (Å²) < 4.78 is 10.5. The Bertz CT molecular complexity index is 352. The van der Waals surface area contributed by atoms with Gasteiger partial charge in [-0.3, -0.25) is 4.79 Å². The topological polar surface area (TPSA) is 47.6 Å². The molecule has 0 aromatic heterocycles. The minimum atomic E-state index is -0.507. The molecule has 0 bridgehead atoms. The van der Waals surface area contributed by atoms with E-state index in [1.807, 2.05) is 19.1 Å². The van der Waals surface area contributed by atoms with Crippen molar-refractivity contribution in [1.29, 1.82) is 0 Å². The lowest BCUT2D eigenvalue weighted by Gasteiger charge is -2.14. The first-order valence-electron chi connectivity index (χ1n) is 5.25. The van der Waals surface area contributed by atoms with E-state index >= 15 is 0 Å². The number of likely N-dealkylation sites (N-methyl/N-ethyl adjacent to an activating group) is 1. The van der Waals surface area contributed by atoms with E-state index in [9.17, 15) is 4.79 Å². The molecule has 0 aliphatic rings. The lowest BCUT2D eigenvalue weighted by molar-refractivity contribution is -0.127. The van der Waals surface area contributed by atoms with Crippen molar-refractivity contribution in [2.24, 2.45) is 0 Å². The minimum absolute atomic E-state index is 0.120. The van der Waals surface area contributed by atoms with Crippen LogP contribution in [0, 0.1) is 0 Å². The van der Waals surface area contributed by atoms with E-state index in [1.165, 1.54) is 0 Å². The standard InChI is InChI=1S/C12H17NO3/c1-4-13-12(14)9(2)16-11-7-5-6-10(8-11)15-3/h5-9H,4H2,1-3H3,(H,13,14)/t9-/m0/s1. The number of hydrogen-bond donors (Lipinski definition) is 1. The molecule has 4 nitrogen and oxygen atoms in total. The summed E-state index contributed by atoms with van der Waals surface area (Å²) in [6, 6.07) is 7.18. The molecule has 16 heavy (non-hydrogen) atoms. The van der Waals surface area contributed by atoms with Crippen LogP contribution in [0.3, 0.4) is 0 Å². The van der Waals surface area contributed by atoms with Crippen molar-refractivity contribution in [1.82, 2.24) is 5.32 Å². The smallest absolute Gasteiger partial charge is 0.260 e. The zero-order chi connectivity index (χ0) is 12.0. The fourth-order valence-electron chi connectivity index (χ4n) is 1.25. The van der Waals surface area contributed by atoms with Crippen LogP contribution in [0.15, 0.2) is 24.3 Å². The maximum absolute atomic E-state index is 11.4. The number of benzene rings is 1. The van der Waals surface area contributed by atoms with E-state index in [1.54, 1.807) is 26.2 Å². The lowest BCUT2D eigenvalue weighted by atomic mass is 10.3. The Kier molecular flexibility index (Phi) is 4.64. The van der Waals surface area contributed by atoms with Gasteiger partial charge < -0.3 is 14.8 Å². The molecule has 0 aliphatic heterocycles. The summed E-state index contributed by atoms with van der Waals surface area (Å²) >= 11 is 0. The highest BCUT2D eigenvalue weighted by atomic mass is 16.5. The number of amides is 1. The zero-order valence-corrected chi connectivity index (χ0v) is 9.82. The van der Waals surface area contributed by atoms with Crippen molar-refractivity contribution in [2.75, 3.05) is 13.7 Å². The summed E-state index contributed by atoms with van der Waals surface area (Å²) in [5, 5.41) is 2.70. The van der Waals surface area contributed by atoms with E-state index in [-0.39, 0.29) is 5.91 Å². The first-order chi connectivity index (χ1) is 7.67. The number of ether oxygens (including phenoxy) is 2. The predicted octanol–water partition coefficient (Wildman–Crippen LogP) is 1.60. The van der Waals surface area contributed by atoms with Crippen LogP contribution < -0.4 is 14.8 Å². The van der Waals surface area contributed by atoms with Gasteiger partial charge in [-0.25, -0.2) is 0 Å². The fraction of sp³-hybridized carbons (Fsp3) is 0.417. The number of methoxy groups -OCH3 is 1. The highest BCUT2D eigenvalue weighted by Crippen LogP contribution is 2.19. The number of carbonyl (C=O) groups excluding carboxylic acids is 1. The molecular weight excluding hydrogens is 206 g/mol. The Hall–Kier alpha value is -1.71. The van der Waals surface area contributed by atoms with Crippen LogP contribution in [0.4, 0.5) is 0 Å². The van der Waals surface area contributed by atoms with Crippen LogP contribution in [-0.4, -0.2) is 25.7 Å². The molecule has 0 aliphatic carbocycles. The second-order valence-electron chi connectivity index (χ2n) is 3.33. The van der Waals surface area contributed by atoms with Crippen LogP contribution >= 0.6 is 0 Å². The van der Waals surface area contributed by atoms with E-state index in [0.29, 0.717) is 18.0 Å². The van der Waals surface area contributed by atoms with Gasteiger partial charge in [-0.2, -0.15) is 0 Å². The summed E-state index contributed by atoms with van der Waals surface area (Å²) in [5.74, 6) is 1.21. The third-order valence-electron chi connectivity index (χ3n) is 2.07. The Morgan fingerprint density at radius 3 is 2.75 bits per heavy atom. The third-order valence-corrected chi connectivity index (χ3v) is 2.07. The van der Waals surface area contributed by atoms with Gasteiger partial charge in [0.15, 0.2) is 6.10 Å². The Morgan fingerprint density at radius 1 is 1.44 bits per heavy atom. The van der Waals surface area contributed by atoms with Crippen molar-refractivity contribution in [3.05, 3.63) is 24.3 Å². The van der Waals surface area contributed by atoms with Crippen molar-refractivity contribution < 1.29 is 14.3 Å². The molecule has 1 atom stereocenters. The molecule has 0 spiro atoms. The quantitative estimate of drug-likeness (QED) is 0.824. The summed E-state index contributed by atoms with van der Waals surface area (Å²) in [6.07, 6.45) is -0.507. The van der Waals surface area contributed by atoms with Crippen LogP contribution in [0.2, 0.25) is 0 Å². The highest BCUT2D eigenvalue weighted by molar-refractivity contribution is 5.80. The molecule has 0 saturated heterocycles. The van der Waals surface area contributed by atoms with Gasteiger partial charge in [-0.05, 0) is 26.0 Å². The second kappa shape index (κ2) is 6.00. The van der Waals surface area contributed by atoms with Crippen molar-refractivity contribution in [2.45, 2.75) is 20.0 Å². The van der Waals surface area contributed by atoms with Crippen molar-refractivity contribution >= 4 is 5.91 Å². The van der Waals surface area contributed by atoms with Crippen LogP contribution in [0.25, 0.3) is 0 Å². The van der Waals surface area contributed by atoms with Gasteiger partial charge in [0.1, 0.15) is 11.5 Å². The number of hydrogen-bond acceptors (Lipinski definition) is 3. The van der Waals surface area contributed by atoms with Gasteiger partial charge in [0, 0.05) is 12.6 Å². The van der Waals surface area contributed by atoms with Crippen molar-refractivity contribution in [3.63, 3.8) is 0 Å². The minimum Gasteiger partial charge on any atom is -0.497 e. The monoisotopic (exact) mass is 223 g/mol. The fourth-order valence-corrected chi connectivity index (χ4v) is 1.25. The third kappa shape index (κ3) is 3.46. The van der Waals surface area contributed by atoms with Gasteiger partial charge in [0.2, 0.25) is 0 Å². The summed E-state index contributed by atoms with van der Waals surface area (Å²) in [4.78, 5) is 11.4. The average Bonchev–Trinajstić information content (AvgIpc) is 2.29. The average molecular weight is 223 g/mol. The van der Waals surface area contributed by atoms with Gasteiger partial charge in [-0.1, -0.05) is 6.07 Å². The van der Waals surface area contributed by atoms with E-state index in [0.717, 1.165) is 0 Å². The van der Waals surface area contributed by atoms with Crippen LogP contribution in [0.1, 0.15) is 13.8 Å². The maximum Gasteiger partial charge on any atom is 0.260 e. The Balaban J connectivity index is 2.61. The lowest BCUT2D eigenvalue weighted by Crippen LogP contribution is -2.36. The molecule has 1 rings (SSSR count). The largest absolute Gasteiger partial charge is 0.497 e. The molecule has 0 saturated carbocycles. The Labute approximate surface area is 95.6 Å². The maximum atomic E-state index is 11.4. The molecule has 0 unspecified atom stereocenters. The van der Waals surface area contributed by atoms with Gasteiger partial charge in [0.25, 0.3) is 5.91 Å².